The fourth-order valence-electron chi connectivity index (χ4n) is 6.09. The minimum Gasteiger partial charge on any atom is -0.468 e. The molecule has 0 unspecified atom stereocenters. The molecule has 1 fully saturated rings. The van der Waals surface area contributed by atoms with E-state index in [4.69, 9.17) is 14.8 Å². The number of esters is 1. The molecule has 2 atom stereocenters. The van der Waals surface area contributed by atoms with Crippen LogP contribution in [0.1, 0.15) is 11.1 Å². The summed E-state index contributed by atoms with van der Waals surface area (Å²) in [7, 11) is 1.45. The summed E-state index contributed by atoms with van der Waals surface area (Å²) in [5.74, 6) is -0.453. The summed E-state index contributed by atoms with van der Waals surface area (Å²) in [6.07, 6.45) is 2.79. The van der Waals surface area contributed by atoms with Gasteiger partial charge in [-0.05, 0) is 48.4 Å². The van der Waals surface area contributed by atoms with E-state index < -0.39 is 11.6 Å². The van der Waals surface area contributed by atoms with Crippen LogP contribution in [0.5, 0.6) is 0 Å². The number of hydrogen-bond donors (Lipinski definition) is 0. The molecular formula is C39H32N4O2S. The van der Waals surface area contributed by atoms with E-state index in [1.807, 2.05) is 132 Å². The number of hydrazone groups is 1. The molecule has 2 heterocycles. The fourth-order valence-corrected chi connectivity index (χ4v) is 7.45. The van der Waals surface area contributed by atoms with Crippen LogP contribution in [0.4, 0.5) is 17.1 Å². The van der Waals surface area contributed by atoms with Crippen LogP contribution < -0.4 is 9.91 Å². The maximum atomic E-state index is 14.4. The maximum absolute atomic E-state index is 14.4. The lowest BCUT2D eigenvalue weighted by atomic mass is 9.88. The van der Waals surface area contributed by atoms with Crippen molar-refractivity contribution in [3.8, 4) is 0 Å². The van der Waals surface area contributed by atoms with E-state index in [-0.39, 0.29) is 5.97 Å². The fraction of sp³-hybridized carbons (Fsp3) is 0.103. The second kappa shape index (κ2) is 12.9. The molecule has 5 aromatic carbocycles. The standard InChI is InChI=1S/C39H32N4O2S/c1-45-37(44)35-34(28-27-29-17-7-2-8-18-29)46-38(40-31-21-11-4-12-22-31)39(35)42(32-23-13-5-14-24-32)36(30-19-9-3-10-20-30)41-43(39)33-25-15-6-16-26-33/h2-26,28,35H,27H2,1H3/t35-,39+/m0/s1. The van der Waals surface area contributed by atoms with Crippen LogP contribution in [0.15, 0.2) is 173 Å². The molecule has 7 rings (SSSR count). The zero-order chi connectivity index (χ0) is 31.3. The van der Waals surface area contributed by atoms with Gasteiger partial charge in [0.15, 0.2) is 5.84 Å². The Morgan fingerprint density at radius 2 is 1.33 bits per heavy atom. The van der Waals surface area contributed by atoms with Crippen LogP contribution in [0.3, 0.4) is 0 Å². The van der Waals surface area contributed by atoms with Gasteiger partial charge in [0.1, 0.15) is 11.0 Å². The van der Waals surface area contributed by atoms with Crippen molar-refractivity contribution in [2.24, 2.45) is 16.0 Å². The number of thioether (sulfide) groups is 1. The summed E-state index contributed by atoms with van der Waals surface area (Å²) in [4.78, 5) is 22.7. The van der Waals surface area contributed by atoms with Gasteiger partial charge in [0, 0.05) is 16.2 Å². The van der Waals surface area contributed by atoms with Crippen LogP contribution in [0.2, 0.25) is 0 Å². The van der Waals surface area contributed by atoms with Gasteiger partial charge in [-0.25, -0.2) is 10.0 Å². The lowest BCUT2D eigenvalue weighted by Crippen LogP contribution is -2.65. The molecule has 46 heavy (non-hydrogen) atoms. The van der Waals surface area contributed by atoms with Crippen molar-refractivity contribution in [1.29, 1.82) is 0 Å². The Bertz CT molecular complexity index is 1900. The second-order valence-electron chi connectivity index (χ2n) is 10.9. The number of carbonyl (C=O) groups excluding carboxylic acids is 1. The number of allylic oxidation sites excluding steroid dienone is 1. The number of anilines is 2. The summed E-state index contributed by atoms with van der Waals surface area (Å²) in [6, 6.07) is 50.3. The molecule has 0 radical (unpaired) electrons. The molecule has 0 saturated carbocycles. The third-order valence-electron chi connectivity index (χ3n) is 8.14. The Morgan fingerprint density at radius 1 is 0.783 bits per heavy atom. The molecule has 7 heteroatoms. The minimum atomic E-state index is -1.23. The first kappa shape index (κ1) is 29.3. The van der Waals surface area contributed by atoms with E-state index >= 15 is 0 Å². The average molecular weight is 621 g/mol. The molecule has 0 aliphatic carbocycles. The number of benzene rings is 5. The van der Waals surface area contributed by atoms with Crippen molar-refractivity contribution < 1.29 is 9.53 Å². The summed E-state index contributed by atoms with van der Waals surface area (Å²) < 4.78 is 5.66. The molecule has 0 aromatic heterocycles. The number of rotatable bonds is 7. The van der Waals surface area contributed by atoms with Gasteiger partial charge >= 0.3 is 5.97 Å². The first-order valence-corrected chi connectivity index (χ1v) is 16.0. The predicted octanol–water partition coefficient (Wildman–Crippen LogP) is 8.46. The summed E-state index contributed by atoms with van der Waals surface area (Å²) >= 11 is 1.52. The molecule has 0 N–H and O–H groups in total. The van der Waals surface area contributed by atoms with E-state index in [1.54, 1.807) is 0 Å². The Kier molecular flexibility index (Phi) is 8.23. The van der Waals surface area contributed by atoms with E-state index in [0.717, 1.165) is 38.1 Å². The first-order valence-electron chi connectivity index (χ1n) is 15.2. The zero-order valence-corrected chi connectivity index (χ0v) is 26.1. The third kappa shape index (κ3) is 5.29. The number of ether oxygens (including phenoxy) is 1. The van der Waals surface area contributed by atoms with Crippen molar-refractivity contribution >= 4 is 45.7 Å². The highest BCUT2D eigenvalue weighted by Crippen LogP contribution is 2.56. The quantitative estimate of drug-likeness (QED) is 0.171. The predicted molar refractivity (Wildman–Crippen MR) is 188 cm³/mol. The minimum absolute atomic E-state index is 0.364. The second-order valence-corrected chi connectivity index (χ2v) is 12.0. The largest absolute Gasteiger partial charge is 0.468 e. The SMILES string of the molecule is COC(=O)[C@@H]1C(=CCc2ccccc2)SC(=Nc2ccccc2)[C@]12N(c1ccccc1)N=C(c1ccccc1)N2c1ccccc1. The van der Waals surface area contributed by atoms with Gasteiger partial charge < -0.3 is 4.74 Å². The summed E-state index contributed by atoms with van der Waals surface area (Å²) in [6.45, 7) is 0. The number of amidine groups is 1. The Morgan fingerprint density at radius 3 is 1.93 bits per heavy atom. The molecule has 6 nitrogen and oxygen atoms in total. The summed E-state index contributed by atoms with van der Waals surface area (Å²) in [5.41, 5.74) is 3.32. The number of methoxy groups -OCH3 is 1. The molecule has 5 aromatic rings. The number of aliphatic imine (C=N–C) groups is 1. The Hall–Kier alpha value is -5.40. The molecule has 2 aliphatic rings. The van der Waals surface area contributed by atoms with Gasteiger partial charge in [0.05, 0.1) is 18.5 Å². The zero-order valence-electron chi connectivity index (χ0n) is 25.3. The van der Waals surface area contributed by atoms with Crippen molar-refractivity contribution in [1.82, 2.24) is 0 Å². The lowest BCUT2D eigenvalue weighted by molar-refractivity contribution is -0.144. The first-order chi connectivity index (χ1) is 22.7. The van der Waals surface area contributed by atoms with Crippen LogP contribution >= 0.6 is 11.8 Å². The van der Waals surface area contributed by atoms with Gasteiger partial charge in [-0.3, -0.25) is 9.69 Å². The van der Waals surface area contributed by atoms with Crippen LogP contribution in [0, 0.1) is 5.92 Å². The number of nitrogens with zero attached hydrogens (tertiary/aromatic N) is 4. The molecule has 226 valence electrons. The molecule has 0 amide bonds. The molecule has 1 spiro atoms. The van der Waals surface area contributed by atoms with Gasteiger partial charge in [-0.2, -0.15) is 5.10 Å². The highest BCUT2D eigenvalue weighted by Gasteiger charge is 2.67. The van der Waals surface area contributed by atoms with Crippen LogP contribution in [-0.2, 0) is 16.0 Å². The Labute approximate surface area is 273 Å². The Balaban J connectivity index is 1.55. The molecule has 1 saturated heterocycles. The topological polar surface area (TPSA) is 57.5 Å². The molecule has 2 aliphatic heterocycles. The normalized spacial score (nSPS) is 20.8. The van der Waals surface area contributed by atoms with Crippen LogP contribution in [0.25, 0.3) is 0 Å². The van der Waals surface area contributed by atoms with E-state index in [1.165, 1.54) is 18.9 Å². The van der Waals surface area contributed by atoms with Crippen molar-refractivity contribution in [3.05, 3.63) is 174 Å². The third-order valence-corrected chi connectivity index (χ3v) is 9.36. The van der Waals surface area contributed by atoms with Gasteiger partial charge in [0.25, 0.3) is 0 Å². The number of para-hydroxylation sites is 3. The van der Waals surface area contributed by atoms with Crippen molar-refractivity contribution in [2.45, 2.75) is 12.1 Å². The van der Waals surface area contributed by atoms with E-state index in [9.17, 15) is 4.79 Å². The highest BCUT2D eigenvalue weighted by molar-refractivity contribution is 8.18. The van der Waals surface area contributed by atoms with Crippen LogP contribution in [-0.4, -0.2) is 29.6 Å². The molecular weight excluding hydrogens is 589 g/mol. The van der Waals surface area contributed by atoms with E-state index in [2.05, 4.69) is 35.2 Å². The van der Waals surface area contributed by atoms with Gasteiger partial charge in [-0.1, -0.05) is 133 Å². The maximum Gasteiger partial charge on any atom is 0.318 e. The smallest absolute Gasteiger partial charge is 0.318 e. The lowest BCUT2D eigenvalue weighted by Gasteiger charge is -2.44. The van der Waals surface area contributed by atoms with E-state index in [0.29, 0.717) is 12.3 Å². The van der Waals surface area contributed by atoms with Gasteiger partial charge in [-0.15, -0.1) is 0 Å². The summed E-state index contributed by atoms with van der Waals surface area (Å²) in [5, 5.41) is 8.07. The number of carbonyl (C=O) groups is 1. The highest BCUT2D eigenvalue weighted by atomic mass is 32.2. The molecule has 0 bridgehead atoms. The van der Waals surface area contributed by atoms with Crippen molar-refractivity contribution in [2.75, 3.05) is 17.0 Å². The number of hydrogen-bond acceptors (Lipinski definition) is 7. The average Bonchev–Trinajstić information content (AvgIpc) is 3.64. The van der Waals surface area contributed by atoms with Gasteiger partial charge in [0.2, 0.25) is 5.66 Å². The monoisotopic (exact) mass is 620 g/mol. The van der Waals surface area contributed by atoms with Crippen molar-refractivity contribution in [3.63, 3.8) is 0 Å².